The van der Waals surface area contributed by atoms with Crippen LogP contribution in [0.4, 0.5) is 17.6 Å². The molecule has 0 aliphatic heterocycles. The number of benzene rings is 2. The van der Waals surface area contributed by atoms with Crippen LogP contribution in [-0.4, -0.2) is 48.7 Å². The third kappa shape index (κ3) is 6.49. The van der Waals surface area contributed by atoms with Gasteiger partial charge in [-0.25, -0.2) is 13.9 Å². The maximum Gasteiger partial charge on any atom is 0.416 e. The van der Waals surface area contributed by atoms with Crippen molar-refractivity contribution in [2.24, 2.45) is 0 Å². The second-order valence-corrected chi connectivity index (χ2v) is 8.11. The molecule has 2 atom stereocenters. The first kappa shape index (κ1) is 26.9. The summed E-state index contributed by atoms with van der Waals surface area (Å²) >= 11 is 5.83. The van der Waals surface area contributed by atoms with E-state index in [1.54, 1.807) is 0 Å². The van der Waals surface area contributed by atoms with Crippen LogP contribution in [0.5, 0.6) is 0 Å². The standard InChI is InChI=1S/C22H19ClF4N4O5/c23-13-7-5-12(6-8-13)20-29-31(21(36)30(20)10-17(32)22(25,26)27)11-18(33)28-16(9-19(34)35)14-3-1-2-4-15(14)24/h1-8,16-17,32H,9-11H2,(H,28,33)(H,34,35)/t16?,17-/m0/s1. The molecule has 9 nitrogen and oxygen atoms in total. The van der Waals surface area contributed by atoms with Crippen LogP contribution in [0, 0.1) is 5.82 Å². The minimum Gasteiger partial charge on any atom is -0.481 e. The van der Waals surface area contributed by atoms with E-state index in [0.29, 0.717) is 14.3 Å². The third-order valence-electron chi connectivity index (χ3n) is 5.05. The van der Waals surface area contributed by atoms with Crippen molar-refractivity contribution in [1.82, 2.24) is 19.7 Å². The fraction of sp³-hybridized carbons (Fsp3) is 0.273. The summed E-state index contributed by atoms with van der Waals surface area (Å²) in [5.74, 6) is -3.33. The number of amides is 1. The highest BCUT2D eigenvalue weighted by atomic mass is 35.5. The van der Waals surface area contributed by atoms with Crippen LogP contribution in [0.25, 0.3) is 11.4 Å². The minimum atomic E-state index is -5.03. The maximum atomic E-state index is 14.2. The van der Waals surface area contributed by atoms with E-state index in [4.69, 9.17) is 16.7 Å². The van der Waals surface area contributed by atoms with Gasteiger partial charge >= 0.3 is 17.8 Å². The predicted molar refractivity (Wildman–Crippen MR) is 119 cm³/mol. The first-order chi connectivity index (χ1) is 16.9. The van der Waals surface area contributed by atoms with Crippen LogP contribution in [-0.2, 0) is 22.7 Å². The highest BCUT2D eigenvalue weighted by Gasteiger charge is 2.39. The van der Waals surface area contributed by atoms with Gasteiger partial charge in [0.2, 0.25) is 5.91 Å². The van der Waals surface area contributed by atoms with Crippen molar-refractivity contribution in [3.8, 4) is 11.4 Å². The summed E-state index contributed by atoms with van der Waals surface area (Å²) in [4.78, 5) is 36.7. The van der Waals surface area contributed by atoms with Gasteiger partial charge in [-0.15, -0.1) is 5.10 Å². The summed E-state index contributed by atoms with van der Waals surface area (Å²) in [6.07, 6.45) is -8.60. The number of carbonyl (C=O) groups is 2. The number of alkyl halides is 3. The molecular weight excluding hydrogens is 512 g/mol. The molecule has 14 heteroatoms. The molecule has 1 amide bonds. The minimum absolute atomic E-state index is 0.110. The van der Waals surface area contributed by atoms with Gasteiger partial charge in [-0.3, -0.25) is 14.2 Å². The van der Waals surface area contributed by atoms with Crippen molar-refractivity contribution in [3.63, 3.8) is 0 Å². The lowest BCUT2D eigenvalue weighted by Crippen LogP contribution is -2.39. The van der Waals surface area contributed by atoms with Crippen molar-refractivity contribution in [2.45, 2.75) is 37.8 Å². The molecule has 0 saturated carbocycles. The first-order valence-corrected chi connectivity index (χ1v) is 10.7. The van der Waals surface area contributed by atoms with Crippen LogP contribution in [0.2, 0.25) is 5.02 Å². The van der Waals surface area contributed by atoms with Gasteiger partial charge in [0.1, 0.15) is 12.4 Å². The molecule has 1 heterocycles. The maximum absolute atomic E-state index is 14.2. The number of carbonyl (C=O) groups excluding carboxylic acids is 1. The van der Waals surface area contributed by atoms with Gasteiger partial charge in [-0.05, 0) is 30.3 Å². The molecule has 0 spiro atoms. The Bertz CT molecular complexity index is 1310. The van der Waals surface area contributed by atoms with Crippen LogP contribution in [0.15, 0.2) is 53.3 Å². The normalized spacial score (nSPS) is 13.3. The van der Waals surface area contributed by atoms with Crippen molar-refractivity contribution >= 4 is 23.5 Å². The van der Waals surface area contributed by atoms with E-state index in [1.165, 1.54) is 42.5 Å². The SMILES string of the molecule is O=C(O)CC(NC(=O)Cn1nc(-c2ccc(Cl)cc2)n(C[C@H](O)C(F)(F)F)c1=O)c1ccccc1F. The summed E-state index contributed by atoms with van der Waals surface area (Å²) in [6.45, 7) is -2.02. The molecule has 3 N–H and O–H groups in total. The smallest absolute Gasteiger partial charge is 0.416 e. The Hall–Kier alpha value is -3.71. The Morgan fingerprint density at radius 1 is 1.11 bits per heavy atom. The molecule has 0 bridgehead atoms. The van der Waals surface area contributed by atoms with Crippen LogP contribution in [0.3, 0.4) is 0 Å². The predicted octanol–water partition coefficient (Wildman–Crippen LogP) is 2.76. The lowest BCUT2D eigenvalue weighted by atomic mass is 10.0. The quantitative estimate of drug-likeness (QED) is 0.365. The largest absolute Gasteiger partial charge is 0.481 e. The average Bonchev–Trinajstić information content (AvgIpc) is 3.08. The van der Waals surface area contributed by atoms with E-state index in [0.717, 1.165) is 6.07 Å². The lowest BCUT2D eigenvalue weighted by molar-refractivity contribution is -0.207. The van der Waals surface area contributed by atoms with Gasteiger partial charge in [0.15, 0.2) is 11.9 Å². The fourth-order valence-electron chi connectivity index (χ4n) is 3.34. The zero-order chi connectivity index (χ0) is 26.6. The molecule has 192 valence electrons. The molecule has 36 heavy (non-hydrogen) atoms. The van der Waals surface area contributed by atoms with Crippen molar-refractivity contribution < 1.29 is 37.4 Å². The summed E-state index contributed by atoms with van der Waals surface area (Å²) in [7, 11) is 0. The zero-order valence-electron chi connectivity index (χ0n) is 18.2. The summed E-state index contributed by atoms with van der Waals surface area (Å²) < 4.78 is 54.2. The van der Waals surface area contributed by atoms with E-state index < -0.39 is 61.2 Å². The Kier molecular flexibility index (Phi) is 8.15. The monoisotopic (exact) mass is 530 g/mol. The van der Waals surface area contributed by atoms with Crippen LogP contribution < -0.4 is 11.0 Å². The Labute approximate surface area is 205 Å². The van der Waals surface area contributed by atoms with E-state index >= 15 is 0 Å². The molecule has 3 rings (SSSR count). The number of aliphatic hydroxyl groups is 1. The van der Waals surface area contributed by atoms with Crippen molar-refractivity contribution in [1.29, 1.82) is 0 Å². The Morgan fingerprint density at radius 2 is 1.75 bits per heavy atom. The molecule has 0 radical (unpaired) electrons. The second-order valence-electron chi connectivity index (χ2n) is 7.68. The number of hydrogen-bond donors (Lipinski definition) is 3. The number of rotatable bonds is 9. The number of aliphatic hydroxyl groups excluding tert-OH is 1. The molecule has 2 aromatic carbocycles. The third-order valence-corrected chi connectivity index (χ3v) is 5.30. The van der Waals surface area contributed by atoms with Gasteiger partial charge in [0, 0.05) is 16.1 Å². The van der Waals surface area contributed by atoms with Gasteiger partial charge in [-0.1, -0.05) is 29.8 Å². The summed E-state index contributed by atoms with van der Waals surface area (Å²) in [6, 6.07) is 9.45. The molecule has 1 aromatic heterocycles. The number of carboxylic acid groups (broad SMARTS) is 1. The fourth-order valence-corrected chi connectivity index (χ4v) is 3.47. The lowest BCUT2D eigenvalue weighted by Gasteiger charge is -2.18. The van der Waals surface area contributed by atoms with Crippen LogP contribution >= 0.6 is 11.6 Å². The van der Waals surface area contributed by atoms with Gasteiger partial charge in [-0.2, -0.15) is 13.2 Å². The Morgan fingerprint density at radius 3 is 2.33 bits per heavy atom. The van der Waals surface area contributed by atoms with Crippen molar-refractivity contribution in [3.05, 3.63) is 75.4 Å². The Balaban J connectivity index is 1.93. The zero-order valence-corrected chi connectivity index (χ0v) is 19.0. The van der Waals surface area contributed by atoms with Crippen molar-refractivity contribution in [2.75, 3.05) is 0 Å². The number of halogens is 5. The van der Waals surface area contributed by atoms with E-state index in [2.05, 4.69) is 10.4 Å². The van der Waals surface area contributed by atoms with Crippen LogP contribution in [0.1, 0.15) is 18.0 Å². The number of aliphatic carboxylic acids is 1. The summed E-state index contributed by atoms with van der Waals surface area (Å²) in [5.41, 5.74) is -1.07. The van der Waals surface area contributed by atoms with Gasteiger partial charge in [0.05, 0.1) is 19.0 Å². The molecule has 0 aliphatic carbocycles. The average molecular weight is 531 g/mol. The topological polar surface area (TPSA) is 126 Å². The molecule has 0 saturated heterocycles. The highest BCUT2D eigenvalue weighted by molar-refractivity contribution is 6.30. The molecule has 1 unspecified atom stereocenters. The number of aromatic nitrogens is 3. The number of hydrogen-bond acceptors (Lipinski definition) is 5. The van der Waals surface area contributed by atoms with E-state index in [1.807, 2.05) is 0 Å². The highest BCUT2D eigenvalue weighted by Crippen LogP contribution is 2.24. The number of nitrogens with zero attached hydrogens (tertiary/aromatic N) is 3. The van der Waals surface area contributed by atoms with Gasteiger partial charge in [0.25, 0.3) is 0 Å². The summed E-state index contributed by atoms with van der Waals surface area (Å²) in [5, 5.41) is 25.2. The second kappa shape index (κ2) is 10.9. The van der Waals surface area contributed by atoms with E-state index in [9.17, 15) is 37.1 Å². The molecule has 0 aliphatic rings. The molecule has 0 fully saturated rings. The number of carboxylic acids is 1. The first-order valence-electron chi connectivity index (χ1n) is 10.3. The van der Waals surface area contributed by atoms with E-state index in [-0.39, 0.29) is 17.0 Å². The molecular formula is C22H19ClF4N4O5. The number of nitrogens with one attached hydrogen (secondary N) is 1. The molecule has 3 aromatic rings. The van der Waals surface area contributed by atoms with Gasteiger partial charge < -0.3 is 15.5 Å².